The van der Waals surface area contributed by atoms with Crippen molar-refractivity contribution >= 4 is 17.3 Å². The van der Waals surface area contributed by atoms with Gasteiger partial charge in [-0.3, -0.25) is 19.9 Å². The van der Waals surface area contributed by atoms with E-state index in [4.69, 9.17) is 0 Å². The molecule has 0 saturated carbocycles. The largest absolute Gasteiger partial charge is 0.417 e. The van der Waals surface area contributed by atoms with Gasteiger partial charge in [-0.2, -0.15) is 13.2 Å². The Labute approximate surface area is 158 Å². The summed E-state index contributed by atoms with van der Waals surface area (Å²) in [4.78, 5) is 27.7. The number of benzene rings is 1. The second-order valence-corrected chi connectivity index (χ2v) is 6.53. The van der Waals surface area contributed by atoms with E-state index in [1.165, 1.54) is 30.5 Å². The van der Waals surface area contributed by atoms with E-state index in [0.29, 0.717) is 30.8 Å². The SMILES string of the molecule is O=C(Cc1ccc([N+](=O)[O-])cc1)N[C@@H]1CCN(c2cncc(C(F)(F)F)c2)C1. The van der Waals surface area contributed by atoms with Crippen LogP contribution in [0.5, 0.6) is 0 Å². The van der Waals surface area contributed by atoms with Gasteiger partial charge < -0.3 is 10.2 Å². The molecule has 3 rings (SSSR count). The van der Waals surface area contributed by atoms with Gasteiger partial charge in [0.2, 0.25) is 5.91 Å². The minimum atomic E-state index is -4.46. The van der Waals surface area contributed by atoms with Crippen LogP contribution in [0.4, 0.5) is 24.5 Å². The monoisotopic (exact) mass is 394 g/mol. The van der Waals surface area contributed by atoms with Crippen LogP contribution in [0.1, 0.15) is 17.5 Å². The summed E-state index contributed by atoms with van der Waals surface area (Å²) >= 11 is 0. The van der Waals surface area contributed by atoms with Crippen molar-refractivity contribution < 1.29 is 22.9 Å². The van der Waals surface area contributed by atoms with Gasteiger partial charge in [0, 0.05) is 37.5 Å². The van der Waals surface area contributed by atoms with E-state index in [0.717, 1.165) is 12.3 Å². The average Bonchev–Trinajstić information content (AvgIpc) is 3.10. The van der Waals surface area contributed by atoms with E-state index in [1.807, 2.05) is 0 Å². The Morgan fingerprint density at radius 2 is 2.00 bits per heavy atom. The zero-order valence-electron chi connectivity index (χ0n) is 14.6. The first kappa shape index (κ1) is 19.6. The molecule has 148 valence electrons. The lowest BCUT2D eigenvalue weighted by molar-refractivity contribution is -0.384. The van der Waals surface area contributed by atoms with Gasteiger partial charge in [-0.25, -0.2) is 0 Å². The summed E-state index contributed by atoms with van der Waals surface area (Å²) in [5.74, 6) is -0.247. The number of anilines is 1. The molecule has 0 spiro atoms. The summed E-state index contributed by atoms with van der Waals surface area (Å²) in [6, 6.07) is 6.56. The molecule has 1 N–H and O–H groups in total. The highest BCUT2D eigenvalue weighted by Crippen LogP contribution is 2.31. The first-order valence-electron chi connectivity index (χ1n) is 8.52. The molecule has 1 saturated heterocycles. The van der Waals surface area contributed by atoms with Crippen LogP contribution in [0, 0.1) is 10.1 Å². The topological polar surface area (TPSA) is 88.4 Å². The van der Waals surface area contributed by atoms with Crippen LogP contribution in [0.3, 0.4) is 0 Å². The van der Waals surface area contributed by atoms with Crippen molar-refractivity contribution in [1.82, 2.24) is 10.3 Å². The molecule has 28 heavy (non-hydrogen) atoms. The number of nitro benzene ring substituents is 1. The van der Waals surface area contributed by atoms with Gasteiger partial charge in [0.25, 0.3) is 5.69 Å². The van der Waals surface area contributed by atoms with Crippen LogP contribution in [-0.2, 0) is 17.4 Å². The summed E-state index contributed by atoms with van der Waals surface area (Å²) in [7, 11) is 0. The van der Waals surface area contributed by atoms with Crippen LogP contribution in [-0.4, -0.2) is 34.9 Å². The van der Waals surface area contributed by atoms with Crippen molar-refractivity contribution in [3.63, 3.8) is 0 Å². The molecule has 1 amide bonds. The Morgan fingerprint density at radius 1 is 1.29 bits per heavy atom. The van der Waals surface area contributed by atoms with Crippen LogP contribution in [0.25, 0.3) is 0 Å². The van der Waals surface area contributed by atoms with E-state index in [1.54, 1.807) is 4.90 Å². The summed E-state index contributed by atoms with van der Waals surface area (Å²) < 4.78 is 38.5. The molecule has 0 radical (unpaired) electrons. The number of nitrogens with zero attached hydrogens (tertiary/aromatic N) is 3. The lowest BCUT2D eigenvalue weighted by Gasteiger charge is -2.20. The van der Waals surface area contributed by atoms with Gasteiger partial charge in [0.15, 0.2) is 0 Å². The van der Waals surface area contributed by atoms with Gasteiger partial charge >= 0.3 is 6.18 Å². The number of aromatic nitrogens is 1. The molecule has 1 aliphatic heterocycles. The number of nitrogens with one attached hydrogen (secondary N) is 1. The highest BCUT2D eigenvalue weighted by atomic mass is 19.4. The fourth-order valence-corrected chi connectivity index (χ4v) is 3.07. The third-order valence-corrected chi connectivity index (χ3v) is 4.48. The van der Waals surface area contributed by atoms with E-state index in [-0.39, 0.29) is 24.1 Å². The van der Waals surface area contributed by atoms with Gasteiger partial charge in [-0.15, -0.1) is 0 Å². The fraction of sp³-hybridized carbons (Fsp3) is 0.333. The van der Waals surface area contributed by atoms with E-state index in [2.05, 4.69) is 10.3 Å². The first-order valence-corrected chi connectivity index (χ1v) is 8.52. The highest BCUT2D eigenvalue weighted by Gasteiger charge is 2.32. The summed E-state index contributed by atoms with van der Waals surface area (Å²) in [6.45, 7) is 0.889. The smallest absolute Gasteiger partial charge is 0.368 e. The maximum atomic E-state index is 12.8. The molecular weight excluding hydrogens is 377 g/mol. The number of amides is 1. The molecule has 1 fully saturated rings. The maximum absolute atomic E-state index is 12.8. The Kier molecular flexibility index (Phi) is 5.48. The van der Waals surface area contributed by atoms with Gasteiger partial charge in [0.05, 0.1) is 28.8 Å². The number of hydrogen-bond donors (Lipinski definition) is 1. The molecule has 7 nitrogen and oxygen atoms in total. The maximum Gasteiger partial charge on any atom is 0.417 e. The molecule has 1 aromatic carbocycles. The first-order chi connectivity index (χ1) is 13.2. The van der Waals surface area contributed by atoms with Crippen molar-refractivity contribution in [1.29, 1.82) is 0 Å². The molecule has 2 aromatic rings. The number of non-ortho nitro benzene ring substituents is 1. The van der Waals surface area contributed by atoms with Crippen molar-refractivity contribution in [3.05, 3.63) is 64.0 Å². The molecule has 1 atom stereocenters. The van der Waals surface area contributed by atoms with Gasteiger partial charge in [0.1, 0.15) is 0 Å². The Hall–Kier alpha value is -3.17. The minimum absolute atomic E-state index is 0.0507. The molecule has 0 aliphatic carbocycles. The number of nitro groups is 1. The quantitative estimate of drug-likeness (QED) is 0.622. The summed E-state index contributed by atoms with van der Waals surface area (Å²) in [6.07, 6.45) is -1.64. The average molecular weight is 394 g/mol. The predicted octanol–water partition coefficient (Wildman–Crippen LogP) is 2.95. The lowest BCUT2D eigenvalue weighted by atomic mass is 10.1. The number of halogens is 3. The standard InChI is InChI=1S/C18H17F3N4O3/c19-18(20,21)13-8-16(10-22-9-13)24-6-5-14(11-24)23-17(26)7-12-1-3-15(4-2-12)25(27)28/h1-4,8-10,14H,5-7,11H2,(H,23,26)/t14-/m1/s1. The zero-order valence-corrected chi connectivity index (χ0v) is 14.6. The van der Waals surface area contributed by atoms with Crippen molar-refractivity contribution in [2.75, 3.05) is 18.0 Å². The van der Waals surface area contributed by atoms with Crippen molar-refractivity contribution in [2.45, 2.75) is 25.1 Å². The normalized spacial score (nSPS) is 16.8. The Balaban J connectivity index is 1.56. The van der Waals surface area contributed by atoms with Crippen LogP contribution in [0.2, 0.25) is 0 Å². The number of alkyl halides is 3. The van der Waals surface area contributed by atoms with Crippen molar-refractivity contribution in [2.24, 2.45) is 0 Å². The number of hydrogen-bond acceptors (Lipinski definition) is 5. The third kappa shape index (κ3) is 4.76. The van der Waals surface area contributed by atoms with Crippen LogP contribution in [0.15, 0.2) is 42.7 Å². The predicted molar refractivity (Wildman–Crippen MR) is 94.8 cm³/mol. The molecule has 0 unspecified atom stereocenters. The van der Waals surface area contributed by atoms with E-state index < -0.39 is 16.7 Å². The Bertz CT molecular complexity index is 871. The Morgan fingerprint density at radius 3 is 2.64 bits per heavy atom. The lowest BCUT2D eigenvalue weighted by Crippen LogP contribution is -2.38. The molecule has 1 aliphatic rings. The second kappa shape index (κ2) is 7.83. The van der Waals surface area contributed by atoms with E-state index in [9.17, 15) is 28.1 Å². The number of carbonyl (C=O) groups is 1. The number of rotatable bonds is 5. The fourth-order valence-electron chi connectivity index (χ4n) is 3.07. The van der Waals surface area contributed by atoms with Crippen molar-refractivity contribution in [3.8, 4) is 0 Å². The van der Waals surface area contributed by atoms with Gasteiger partial charge in [-0.05, 0) is 18.1 Å². The molecular formula is C18H17F3N4O3. The minimum Gasteiger partial charge on any atom is -0.368 e. The number of pyridine rings is 1. The highest BCUT2D eigenvalue weighted by molar-refractivity contribution is 5.79. The van der Waals surface area contributed by atoms with Crippen LogP contribution < -0.4 is 10.2 Å². The van der Waals surface area contributed by atoms with Crippen LogP contribution >= 0.6 is 0 Å². The zero-order chi connectivity index (χ0) is 20.3. The summed E-state index contributed by atoms with van der Waals surface area (Å²) in [5.41, 5.74) is 0.142. The summed E-state index contributed by atoms with van der Waals surface area (Å²) in [5, 5.41) is 13.5. The molecule has 2 heterocycles. The molecule has 0 bridgehead atoms. The third-order valence-electron chi connectivity index (χ3n) is 4.48. The molecule has 10 heteroatoms. The van der Waals surface area contributed by atoms with E-state index >= 15 is 0 Å². The van der Waals surface area contributed by atoms with Gasteiger partial charge in [-0.1, -0.05) is 12.1 Å². The second-order valence-electron chi connectivity index (χ2n) is 6.53. The molecule has 1 aromatic heterocycles. The number of carbonyl (C=O) groups excluding carboxylic acids is 1.